The van der Waals surface area contributed by atoms with Gasteiger partial charge in [-0.05, 0) is 79.8 Å². The molecule has 5 nitrogen and oxygen atoms in total. The minimum absolute atomic E-state index is 0.276. The Morgan fingerprint density at radius 2 is 1.91 bits per heavy atom. The van der Waals surface area contributed by atoms with Crippen LogP contribution in [0.3, 0.4) is 0 Å². The third-order valence-corrected chi connectivity index (χ3v) is 7.99. The fourth-order valence-corrected chi connectivity index (χ4v) is 6.06. The molecule has 6 heteroatoms. The third-order valence-electron chi connectivity index (χ3n) is 7.75. The van der Waals surface area contributed by atoms with Crippen LogP contribution in [0.2, 0.25) is 5.02 Å². The molecule has 1 fully saturated rings. The van der Waals surface area contributed by atoms with E-state index in [-0.39, 0.29) is 6.04 Å². The number of allylic oxidation sites excluding steroid dienone is 1. The number of nitrogens with one attached hydrogen (secondary N) is 1. The van der Waals surface area contributed by atoms with Crippen LogP contribution < -0.4 is 0 Å². The van der Waals surface area contributed by atoms with Gasteiger partial charge in [0.05, 0.1) is 18.1 Å². The molecule has 1 N–H and O–H groups in total. The number of halogens is 1. The molecular weight excluding hydrogens is 442 g/mol. The summed E-state index contributed by atoms with van der Waals surface area (Å²) >= 11 is 6.40. The zero-order chi connectivity index (χ0) is 23.3. The summed E-state index contributed by atoms with van der Waals surface area (Å²) in [5, 5.41) is 0.851. The number of benzene rings is 1. The first-order chi connectivity index (χ1) is 16.7. The minimum Gasteiger partial charge on any atom is -0.348 e. The normalized spacial score (nSPS) is 23.6. The molecule has 0 bridgehead atoms. The predicted molar refractivity (Wildman–Crippen MR) is 141 cm³/mol. The Kier molecular flexibility index (Phi) is 7.83. The van der Waals surface area contributed by atoms with E-state index < -0.39 is 0 Å². The van der Waals surface area contributed by atoms with Gasteiger partial charge < -0.3 is 9.88 Å². The lowest BCUT2D eigenvalue weighted by Gasteiger charge is -2.40. The van der Waals surface area contributed by atoms with Crippen molar-refractivity contribution in [2.75, 3.05) is 32.7 Å². The van der Waals surface area contributed by atoms with E-state index in [1.807, 2.05) is 6.20 Å². The van der Waals surface area contributed by atoms with Gasteiger partial charge >= 0.3 is 0 Å². The zero-order valence-electron chi connectivity index (χ0n) is 20.5. The summed E-state index contributed by atoms with van der Waals surface area (Å²) in [4.78, 5) is 17.7. The zero-order valence-corrected chi connectivity index (χ0v) is 21.2. The second-order valence-electron chi connectivity index (χ2n) is 10.3. The fraction of sp³-hybridized carbons (Fsp3) is 0.571. The first-order valence-electron chi connectivity index (χ1n) is 13.2. The number of aromatic amines is 1. The summed E-state index contributed by atoms with van der Waals surface area (Å²) in [5.41, 5.74) is 6.97. The van der Waals surface area contributed by atoms with Crippen LogP contribution in [0.25, 0.3) is 0 Å². The SMILES string of the molecule is CC1C=NC2=C(CCc3cc(Cl)ccc3C2N2CCN(CCCCCCc3cnc[nH]3)CC2)C1. The molecular formula is C28H38ClN5. The van der Waals surface area contributed by atoms with Gasteiger partial charge in [-0.1, -0.05) is 37.4 Å². The van der Waals surface area contributed by atoms with Crippen molar-refractivity contribution in [3.63, 3.8) is 0 Å². The molecule has 2 aliphatic heterocycles. The van der Waals surface area contributed by atoms with Gasteiger partial charge in [-0.2, -0.15) is 0 Å². The van der Waals surface area contributed by atoms with Crippen molar-refractivity contribution in [3.05, 3.63) is 63.8 Å². The van der Waals surface area contributed by atoms with Crippen LogP contribution in [-0.4, -0.2) is 58.7 Å². The van der Waals surface area contributed by atoms with Crippen LogP contribution in [0.5, 0.6) is 0 Å². The minimum atomic E-state index is 0.276. The summed E-state index contributed by atoms with van der Waals surface area (Å²) in [6.45, 7) is 8.01. The van der Waals surface area contributed by atoms with Crippen molar-refractivity contribution >= 4 is 17.8 Å². The number of piperazine rings is 1. The van der Waals surface area contributed by atoms with Crippen molar-refractivity contribution < 1.29 is 0 Å². The third kappa shape index (κ3) is 5.64. The molecule has 182 valence electrons. The number of aryl methyl sites for hydroxylation is 2. The van der Waals surface area contributed by atoms with Gasteiger partial charge in [0.1, 0.15) is 0 Å². The van der Waals surface area contributed by atoms with Gasteiger partial charge in [-0.25, -0.2) is 4.98 Å². The van der Waals surface area contributed by atoms with Crippen LogP contribution in [-0.2, 0) is 12.8 Å². The molecule has 3 heterocycles. The molecule has 1 aromatic carbocycles. The number of nitrogens with zero attached hydrogens (tertiary/aromatic N) is 4. The number of hydrogen-bond acceptors (Lipinski definition) is 4. The molecule has 5 rings (SSSR count). The molecule has 2 unspecified atom stereocenters. The van der Waals surface area contributed by atoms with Gasteiger partial charge in [0, 0.05) is 49.3 Å². The average Bonchev–Trinajstić information content (AvgIpc) is 3.31. The Morgan fingerprint density at radius 3 is 2.74 bits per heavy atom. The lowest BCUT2D eigenvalue weighted by molar-refractivity contribution is 0.106. The highest BCUT2D eigenvalue weighted by Crippen LogP contribution is 2.42. The molecule has 0 spiro atoms. The van der Waals surface area contributed by atoms with Gasteiger partial charge in [0.15, 0.2) is 0 Å². The fourth-order valence-electron chi connectivity index (χ4n) is 5.87. The molecule has 1 aliphatic carbocycles. The Labute approximate surface area is 209 Å². The van der Waals surface area contributed by atoms with Crippen molar-refractivity contribution in [3.8, 4) is 0 Å². The van der Waals surface area contributed by atoms with Crippen LogP contribution in [0.1, 0.15) is 68.3 Å². The first-order valence-corrected chi connectivity index (χ1v) is 13.5. The van der Waals surface area contributed by atoms with Crippen molar-refractivity contribution in [1.82, 2.24) is 19.8 Å². The van der Waals surface area contributed by atoms with E-state index in [0.717, 1.165) is 56.9 Å². The Bertz CT molecular complexity index is 1000. The summed E-state index contributed by atoms with van der Waals surface area (Å²) < 4.78 is 0. The predicted octanol–water partition coefficient (Wildman–Crippen LogP) is 5.84. The van der Waals surface area contributed by atoms with Gasteiger partial charge in [0.2, 0.25) is 0 Å². The molecule has 2 aromatic rings. The summed E-state index contributed by atoms with van der Waals surface area (Å²) in [7, 11) is 0. The van der Waals surface area contributed by atoms with E-state index in [2.05, 4.69) is 51.1 Å². The smallest absolute Gasteiger partial charge is 0.0921 e. The highest BCUT2D eigenvalue weighted by molar-refractivity contribution is 6.30. The molecule has 1 aromatic heterocycles. The summed E-state index contributed by atoms with van der Waals surface area (Å²) in [5.74, 6) is 0.542. The Hall–Kier alpha value is -1.95. The van der Waals surface area contributed by atoms with Crippen molar-refractivity contribution in [1.29, 1.82) is 0 Å². The second-order valence-corrected chi connectivity index (χ2v) is 10.7. The second kappa shape index (κ2) is 11.2. The van der Waals surface area contributed by atoms with Gasteiger partial charge in [-0.3, -0.25) is 9.89 Å². The molecule has 0 amide bonds. The highest BCUT2D eigenvalue weighted by Gasteiger charge is 2.34. The Balaban J connectivity index is 1.17. The number of aliphatic imine (C=N–C) groups is 1. The van der Waals surface area contributed by atoms with E-state index in [4.69, 9.17) is 16.6 Å². The van der Waals surface area contributed by atoms with Crippen LogP contribution in [0, 0.1) is 5.92 Å². The maximum Gasteiger partial charge on any atom is 0.0921 e. The molecule has 1 saturated heterocycles. The highest BCUT2D eigenvalue weighted by atomic mass is 35.5. The van der Waals surface area contributed by atoms with Crippen LogP contribution in [0.15, 0.2) is 47.0 Å². The lowest BCUT2D eigenvalue weighted by atomic mass is 9.92. The largest absolute Gasteiger partial charge is 0.348 e. The standard InChI is InChI=1S/C28H38ClN5/c1-21-16-23-8-7-22-17-24(29)9-10-26(22)28(27(23)31-18-21)34-14-12-33(13-15-34)11-5-3-2-4-6-25-19-30-20-32-25/h9-10,17-21,28H,2-8,11-16H2,1H3,(H,30,32). The van der Waals surface area contributed by atoms with Gasteiger partial charge in [0.25, 0.3) is 0 Å². The van der Waals surface area contributed by atoms with Crippen LogP contribution in [0.4, 0.5) is 0 Å². The van der Waals surface area contributed by atoms with Crippen molar-refractivity contribution in [2.45, 2.75) is 64.3 Å². The van der Waals surface area contributed by atoms with E-state index in [1.165, 1.54) is 54.7 Å². The number of aromatic nitrogens is 2. The quantitative estimate of drug-likeness (QED) is 0.484. The average molecular weight is 480 g/mol. The van der Waals surface area contributed by atoms with Gasteiger partial charge in [-0.15, -0.1) is 0 Å². The lowest BCUT2D eigenvalue weighted by Crippen LogP contribution is -2.48. The molecule has 3 aliphatic rings. The van der Waals surface area contributed by atoms with Crippen molar-refractivity contribution in [2.24, 2.45) is 10.9 Å². The van der Waals surface area contributed by atoms with E-state index in [0.29, 0.717) is 5.92 Å². The van der Waals surface area contributed by atoms with E-state index >= 15 is 0 Å². The maximum absolute atomic E-state index is 6.40. The molecule has 0 radical (unpaired) electrons. The molecule has 34 heavy (non-hydrogen) atoms. The molecule has 2 atom stereocenters. The first kappa shape index (κ1) is 23.8. The monoisotopic (exact) mass is 479 g/mol. The summed E-state index contributed by atoms with van der Waals surface area (Å²) in [6.07, 6.45) is 15.5. The van der Waals surface area contributed by atoms with E-state index in [9.17, 15) is 0 Å². The number of unbranched alkanes of at least 4 members (excludes halogenated alkanes) is 3. The molecule has 0 saturated carbocycles. The van der Waals surface area contributed by atoms with E-state index in [1.54, 1.807) is 11.9 Å². The maximum atomic E-state index is 6.40. The number of hydrogen-bond donors (Lipinski definition) is 1. The topological polar surface area (TPSA) is 47.5 Å². The summed E-state index contributed by atoms with van der Waals surface area (Å²) in [6, 6.07) is 6.80. The number of imidazole rings is 1. The van der Waals surface area contributed by atoms with Crippen LogP contribution >= 0.6 is 11.6 Å². The number of H-pyrrole nitrogens is 1. The Morgan fingerprint density at radius 1 is 1.06 bits per heavy atom. The number of rotatable bonds is 8. The number of fused-ring (bicyclic) bond motifs is 1.